The third-order valence-corrected chi connectivity index (χ3v) is 2.56. The van der Waals surface area contributed by atoms with Gasteiger partial charge in [-0.15, -0.1) is 0 Å². The second kappa shape index (κ2) is 3.62. The topological polar surface area (TPSA) is 63.9 Å². The minimum atomic E-state index is 0.699. The van der Waals surface area contributed by atoms with E-state index < -0.39 is 0 Å². The highest BCUT2D eigenvalue weighted by Crippen LogP contribution is 2.23. The van der Waals surface area contributed by atoms with E-state index in [1.165, 1.54) is 0 Å². The number of imidazole rings is 1. The smallest absolute Gasteiger partial charge is 0.160 e. The maximum atomic E-state index is 5.16. The fourth-order valence-corrected chi connectivity index (χ4v) is 1.72. The molecule has 5 heteroatoms. The fourth-order valence-electron chi connectivity index (χ4n) is 1.72. The van der Waals surface area contributed by atoms with E-state index in [-0.39, 0.29) is 0 Å². The summed E-state index contributed by atoms with van der Waals surface area (Å²) >= 11 is 0. The molecular weight excluding hydrogens is 218 g/mol. The molecule has 0 atom stereocenters. The number of nitrogens with zero attached hydrogens (tertiary/aromatic N) is 2. The van der Waals surface area contributed by atoms with Crippen LogP contribution in [0.3, 0.4) is 0 Å². The molecule has 1 aromatic carbocycles. The van der Waals surface area contributed by atoms with Crippen LogP contribution >= 0.6 is 0 Å². The monoisotopic (exact) mass is 229 g/mol. The summed E-state index contributed by atoms with van der Waals surface area (Å²) in [7, 11) is 1.64. The molecule has 17 heavy (non-hydrogen) atoms. The van der Waals surface area contributed by atoms with Gasteiger partial charge in [-0.1, -0.05) is 5.16 Å². The van der Waals surface area contributed by atoms with Gasteiger partial charge in [-0.05, 0) is 19.1 Å². The van der Waals surface area contributed by atoms with Crippen LogP contribution in [0.4, 0.5) is 0 Å². The van der Waals surface area contributed by atoms with Crippen LogP contribution < -0.4 is 4.74 Å². The molecule has 3 aromatic rings. The van der Waals surface area contributed by atoms with E-state index in [4.69, 9.17) is 9.26 Å². The highest BCUT2D eigenvalue weighted by atomic mass is 16.5. The van der Waals surface area contributed by atoms with Gasteiger partial charge in [0.2, 0.25) is 0 Å². The van der Waals surface area contributed by atoms with Crippen molar-refractivity contribution in [2.75, 3.05) is 7.11 Å². The number of benzene rings is 1. The Morgan fingerprint density at radius 1 is 1.29 bits per heavy atom. The number of H-pyrrole nitrogens is 1. The summed E-state index contributed by atoms with van der Waals surface area (Å²) in [6.07, 6.45) is 0. The van der Waals surface area contributed by atoms with Gasteiger partial charge in [0.25, 0.3) is 0 Å². The van der Waals surface area contributed by atoms with Crippen LogP contribution in [0.1, 0.15) is 5.76 Å². The van der Waals surface area contributed by atoms with Gasteiger partial charge in [-0.2, -0.15) is 0 Å². The molecule has 0 saturated carbocycles. The molecule has 0 saturated heterocycles. The van der Waals surface area contributed by atoms with Crippen LogP contribution in [0.15, 0.2) is 28.8 Å². The van der Waals surface area contributed by atoms with Gasteiger partial charge in [0.1, 0.15) is 17.2 Å². The quantitative estimate of drug-likeness (QED) is 0.733. The van der Waals surface area contributed by atoms with Crippen LogP contribution in [-0.4, -0.2) is 22.2 Å². The number of hydrogen-bond donors (Lipinski definition) is 1. The lowest BCUT2D eigenvalue weighted by atomic mass is 10.3. The Hall–Kier alpha value is -2.30. The number of methoxy groups -OCH3 is 1. The SMILES string of the molecule is COc1ccc2nc(-c3cc(C)on3)[nH]c2c1. The molecule has 5 nitrogen and oxygen atoms in total. The number of nitrogens with one attached hydrogen (secondary N) is 1. The Morgan fingerprint density at radius 2 is 2.18 bits per heavy atom. The van der Waals surface area contributed by atoms with Gasteiger partial charge >= 0.3 is 0 Å². The molecule has 3 rings (SSSR count). The molecule has 0 aliphatic carbocycles. The first-order chi connectivity index (χ1) is 8.26. The van der Waals surface area contributed by atoms with Crippen LogP contribution in [0.5, 0.6) is 5.75 Å². The van der Waals surface area contributed by atoms with Gasteiger partial charge in [0.15, 0.2) is 5.82 Å². The van der Waals surface area contributed by atoms with Gasteiger partial charge < -0.3 is 14.2 Å². The van der Waals surface area contributed by atoms with Gasteiger partial charge in [0, 0.05) is 12.1 Å². The predicted octanol–water partition coefficient (Wildman–Crippen LogP) is 2.53. The van der Waals surface area contributed by atoms with E-state index in [0.717, 1.165) is 22.5 Å². The fraction of sp³-hybridized carbons (Fsp3) is 0.167. The normalized spacial score (nSPS) is 10.9. The first-order valence-electron chi connectivity index (χ1n) is 5.24. The standard InChI is InChI=1S/C12H11N3O2/c1-7-5-11(15-17-7)12-13-9-4-3-8(16-2)6-10(9)14-12/h3-6H,1-2H3,(H,13,14). The molecule has 2 aromatic heterocycles. The third-order valence-electron chi connectivity index (χ3n) is 2.56. The summed E-state index contributed by atoms with van der Waals surface area (Å²) in [6.45, 7) is 1.85. The van der Waals surface area contributed by atoms with Gasteiger partial charge in [-0.25, -0.2) is 4.98 Å². The number of fused-ring (bicyclic) bond motifs is 1. The number of rotatable bonds is 2. The zero-order valence-electron chi connectivity index (χ0n) is 9.52. The minimum absolute atomic E-state index is 0.699. The van der Waals surface area contributed by atoms with E-state index in [2.05, 4.69) is 15.1 Å². The van der Waals surface area contributed by atoms with Gasteiger partial charge in [-0.3, -0.25) is 0 Å². The van der Waals surface area contributed by atoms with Crippen LogP contribution in [0.2, 0.25) is 0 Å². The Morgan fingerprint density at radius 3 is 2.88 bits per heavy atom. The lowest BCUT2D eigenvalue weighted by molar-refractivity contribution is 0.399. The summed E-state index contributed by atoms with van der Waals surface area (Å²) in [4.78, 5) is 7.62. The molecule has 0 bridgehead atoms. The van der Waals surface area contributed by atoms with Crippen molar-refractivity contribution in [3.05, 3.63) is 30.0 Å². The molecule has 0 unspecified atom stereocenters. The van der Waals surface area contributed by atoms with E-state index in [0.29, 0.717) is 11.5 Å². The molecule has 86 valence electrons. The Balaban J connectivity index is 2.13. The number of aromatic nitrogens is 3. The largest absolute Gasteiger partial charge is 0.497 e. The zero-order valence-corrected chi connectivity index (χ0v) is 9.52. The Bertz CT molecular complexity index is 669. The van der Waals surface area contributed by atoms with E-state index in [9.17, 15) is 0 Å². The maximum Gasteiger partial charge on any atom is 0.160 e. The van der Waals surface area contributed by atoms with E-state index in [1.54, 1.807) is 7.11 Å². The molecule has 1 N–H and O–H groups in total. The van der Waals surface area contributed by atoms with Crippen molar-refractivity contribution in [1.29, 1.82) is 0 Å². The van der Waals surface area contributed by atoms with Crippen LogP contribution in [0, 0.1) is 6.92 Å². The zero-order chi connectivity index (χ0) is 11.8. The molecule has 0 radical (unpaired) electrons. The lowest BCUT2D eigenvalue weighted by Crippen LogP contribution is -1.81. The number of ether oxygens (including phenoxy) is 1. The first kappa shape index (κ1) is 9.89. The second-order valence-corrected chi connectivity index (χ2v) is 3.79. The summed E-state index contributed by atoms with van der Waals surface area (Å²) in [5.74, 6) is 2.26. The van der Waals surface area contributed by atoms with Crippen molar-refractivity contribution >= 4 is 11.0 Å². The molecule has 0 aliphatic heterocycles. The molecule has 2 heterocycles. The van der Waals surface area contributed by atoms with Crippen molar-refractivity contribution in [1.82, 2.24) is 15.1 Å². The van der Waals surface area contributed by atoms with Crippen molar-refractivity contribution in [3.63, 3.8) is 0 Å². The first-order valence-corrected chi connectivity index (χ1v) is 5.24. The molecule has 0 aliphatic rings. The number of hydrogen-bond acceptors (Lipinski definition) is 4. The molecule has 0 fully saturated rings. The summed E-state index contributed by atoms with van der Waals surface area (Å²) in [5.41, 5.74) is 2.50. The molecule has 0 spiro atoms. The highest BCUT2D eigenvalue weighted by molar-refractivity contribution is 5.80. The Labute approximate surface area is 97.4 Å². The highest BCUT2D eigenvalue weighted by Gasteiger charge is 2.09. The average Bonchev–Trinajstić information content (AvgIpc) is 2.93. The lowest BCUT2D eigenvalue weighted by Gasteiger charge is -1.96. The van der Waals surface area contributed by atoms with Crippen LogP contribution in [0.25, 0.3) is 22.6 Å². The van der Waals surface area contributed by atoms with Crippen molar-refractivity contribution < 1.29 is 9.26 Å². The van der Waals surface area contributed by atoms with E-state index >= 15 is 0 Å². The van der Waals surface area contributed by atoms with Crippen LogP contribution in [-0.2, 0) is 0 Å². The summed E-state index contributed by atoms with van der Waals surface area (Å²) in [5, 5.41) is 3.92. The minimum Gasteiger partial charge on any atom is -0.497 e. The van der Waals surface area contributed by atoms with E-state index in [1.807, 2.05) is 31.2 Å². The summed E-state index contributed by atoms with van der Waals surface area (Å²) in [6, 6.07) is 7.52. The van der Waals surface area contributed by atoms with Crippen molar-refractivity contribution in [2.24, 2.45) is 0 Å². The second-order valence-electron chi connectivity index (χ2n) is 3.79. The van der Waals surface area contributed by atoms with Gasteiger partial charge in [0.05, 0.1) is 18.1 Å². The predicted molar refractivity (Wildman–Crippen MR) is 62.9 cm³/mol. The van der Waals surface area contributed by atoms with Crippen molar-refractivity contribution in [2.45, 2.75) is 6.92 Å². The summed E-state index contributed by atoms with van der Waals surface area (Å²) < 4.78 is 10.2. The average molecular weight is 229 g/mol. The maximum absolute atomic E-state index is 5.16. The van der Waals surface area contributed by atoms with Crippen molar-refractivity contribution in [3.8, 4) is 17.3 Å². The molecule has 0 amide bonds. The molecular formula is C12H11N3O2. The Kier molecular flexibility index (Phi) is 2.11. The third kappa shape index (κ3) is 1.65. The number of aromatic amines is 1. The number of aryl methyl sites for hydroxylation is 1.